The van der Waals surface area contributed by atoms with Crippen LogP contribution in [0.4, 0.5) is 11.6 Å². The molecular formula is C21H22N4O3. The lowest BCUT2D eigenvalue weighted by atomic mass is 10.1. The highest BCUT2D eigenvalue weighted by Gasteiger charge is 2.13. The molecule has 1 amide bonds. The number of rotatable bonds is 7. The molecule has 0 aliphatic carbocycles. The zero-order chi connectivity index (χ0) is 19.9. The van der Waals surface area contributed by atoms with Crippen molar-refractivity contribution in [1.29, 1.82) is 0 Å². The summed E-state index contributed by atoms with van der Waals surface area (Å²) in [5.41, 5.74) is 3.08. The van der Waals surface area contributed by atoms with Crippen molar-refractivity contribution >= 4 is 17.5 Å². The van der Waals surface area contributed by atoms with E-state index in [-0.39, 0.29) is 11.6 Å². The summed E-state index contributed by atoms with van der Waals surface area (Å²) in [5.74, 6) is 1.16. The van der Waals surface area contributed by atoms with Crippen LogP contribution in [0.25, 0.3) is 0 Å². The lowest BCUT2D eigenvalue weighted by Gasteiger charge is -2.12. The number of carbonyl (C=O) groups excluding carboxylic acids is 1. The van der Waals surface area contributed by atoms with Crippen LogP contribution in [0, 0.1) is 6.92 Å². The van der Waals surface area contributed by atoms with Gasteiger partial charge in [-0.1, -0.05) is 29.8 Å². The Hall–Kier alpha value is -3.61. The fourth-order valence-corrected chi connectivity index (χ4v) is 2.55. The minimum Gasteiger partial charge on any atom is -0.497 e. The number of carbonyl (C=O) groups is 1. The van der Waals surface area contributed by atoms with Crippen LogP contribution in [0.1, 0.15) is 21.6 Å². The van der Waals surface area contributed by atoms with E-state index >= 15 is 0 Å². The van der Waals surface area contributed by atoms with Gasteiger partial charge in [-0.3, -0.25) is 4.79 Å². The quantitative estimate of drug-likeness (QED) is 0.653. The molecule has 3 aromatic rings. The largest absolute Gasteiger partial charge is 0.497 e. The number of ether oxygens (including phenoxy) is 2. The average molecular weight is 378 g/mol. The summed E-state index contributed by atoms with van der Waals surface area (Å²) in [7, 11) is 3.10. The molecule has 0 saturated carbocycles. The highest BCUT2D eigenvalue weighted by molar-refractivity contribution is 6.03. The fourth-order valence-electron chi connectivity index (χ4n) is 2.55. The van der Waals surface area contributed by atoms with E-state index in [2.05, 4.69) is 20.6 Å². The lowest BCUT2D eigenvalue weighted by Crippen LogP contribution is -2.16. The van der Waals surface area contributed by atoms with E-state index in [1.54, 1.807) is 37.6 Å². The third kappa shape index (κ3) is 4.76. The summed E-state index contributed by atoms with van der Waals surface area (Å²) in [6.07, 6.45) is 1.55. The Bertz CT molecular complexity index is 958. The highest BCUT2D eigenvalue weighted by Crippen LogP contribution is 2.29. The van der Waals surface area contributed by atoms with E-state index in [1.807, 2.05) is 31.2 Å². The van der Waals surface area contributed by atoms with Gasteiger partial charge in [0.25, 0.3) is 5.91 Å². The second kappa shape index (κ2) is 8.85. The zero-order valence-corrected chi connectivity index (χ0v) is 16.0. The number of hydrogen-bond donors (Lipinski definition) is 2. The first-order valence-electron chi connectivity index (χ1n) is 8.75. The molecule has 0 saturated heterocycles. The first-order chi connectivity index (χ1) is 13.6. The zero-order valence-electron chi connectivity index (χ0n) is 16.0. The molecule has 7 nitrogen and oxygen atoms in total. The normalized spacial score (nSPS) is 10.2. The number of nitrogens with zero attached hydrogens (tertiary/aromatic N) is 2. The summed E-state index contributed by atoms with van der Waals surface area (Å²) in [5, 5.41) is 5.93. The maximum atomic E-state index is 12.6. The molecule has 7 heteroatoms. The van der Waals surface area contributed by atoms with E-state index in [0.29, 0.717) is 29.7 Å². The summed E-state index contributed by atoms with van der Waals surface area (Å²) < 4.78 is 10.5. The van der Waals surface area contributed by atoms with Crippen molar-refractivity contribution in [3.05, 3.63) is 71.5 Å². The topological polar surface area (TPSA) is 85.4 Å². The van der Waals surface area contributed by atoms with Crippen molar-refractivity contribution in [2.75, 3.05) is 24.9 Å². The minimum atomic E-state index is -0.357. The molecule has 1 heterocycles. The predicted molar refractivity (Wildman–Crippen MR) is 108 cm³/mol. The molecule has 144 valence electrons. The van der Waals surface area contributed by atoms with Gasteiger partial charge in [0.1, 0.15) is 17.2 Å². The third-order valence-corrected chi connectivity index (χ3v) is 4.12. The molecule has 0 unspecified atom stereocenters. The van der Waals surface area contributed by atoms with Crippen molar-refractivity contribution in [3.63, 3.8) is 0 Å². The van der Waals surface area contributed by atoms with Gasteiger partial charge in [0.15, 0.2) is 0 Å². The van der Waals surface area contributed by atoms with Gasteiger partial charge in [-0.2, -0.15) is 0 Å². The molecule has 3 rings (SSSR count). The van der Waals surface area contributed by atoms with Crippen molar-refractivity contribution in [2.24, 2.45) is 0 Å². The van der Waals surface area contributed by atoms with Crippen LogP contribution in [-0.2, 0) is 6.54 Å². The van der Waals surface area contributed by atoms with Gasteiger partial charge < -0.3 is 20.1 Å². The monoisotopic (exact) mass is 378 g/mol. The molecule has 0 aliphatic rings. The van der Waals surface area contributed by atoms with Crippen LogP contribution >= 0.6 is 0 Å². The van der Waals surface area contributed by atoms with Crippen LogP contribution in [-0.4, -0.2) is 30.1 Å². The smallest absolute Gasteiger partial charge is 0.274 e. The maximum absolute atomic E-state index is 12.6. The number of methoxy groups -OCH3 is 2. The van der Waals surface area contributed by atoms with Crippen LogP contribution in [0.2, 0.25) is 0 Å². The summed E-state index contributed by atoms with van der Waals surface area (Å²) >= 11 is 0. The standard InChI is InChI=1S/C21H22N4O3/c1-14-4-6-15(7-5-14)13-23-21-22-11-10-18(25-21)20(26)24-17-9-8-16(27-2)12-19(17)28-3/h4-12H,13H2,1-3H3,(H,24,26)(H,22,23,25). The molecule has 1 aromatic heterocycles. The van der Waals surface area contributed by atoms with E-state index in [4.69, 9.17) is 9.47 Å². The molecule has 0 fully saturated rings. The molecule has 0 spiro atoms. The van der Waals surface area contributed by atoms with E-state index in [9.17, 15) is 4.79 Å². The SMILES string of the molecule is COc1ccc(NC(=O)c2ccnc(NCc3ccc(C)cc3)n2)c(OC)c1. The number of aromatic nitrogens is 2. The van der Waals surface area contributed by atoms with Crippen molar-refractivity contribution in [1.82, 2.24) is 9.97 Å². The summed E-state index contributed by atoms with van der Waals surface area (Å²) in [4.78, 5) is 21.0. The molecular weight excluding hydrogens is 356 g/mol. The van der Waals surface area contributed by atoms with Gasteiger partial charge in [0.2, 0.25) is 5.95 Å². The van der Waals surface area contributed by atoms with Crippen molar-refractivity contribution < 1.29 is 14.3 Å². The second-order valence-corrected chi connectivity index (χ2v) is 6.12. The fraction of sp³-hybridized carbons (Fsp3) is 0.190. The first kappa shape index (κ1) is 19.2. The Morgan fingerprint density at radius 1 is 1.04 bits per heavy atom. The van der Waals surface area contributed by atoms with Crippen LogP contribution in [0.15, 0.2) is 54.7 Å². The lowest BCUT2D eigenvalue weighted by molar-refractivity contribution is 0.102. The van der Waals surface area contributed by atoms with Gasteiger partial charge in [-0.25, -0.2) is 9.97 Å². The number of nitrogens with one attached hydrogen (secondary N) is 2. The number of anilines is 2. The van der Waals surface area contributed by atoms with E-state index < -0.39 is 0 Å². The Morgan fingerprint density at radius 2 is 1.82 bits per heavy atom. The predicted octanol–water partition coefficient (Wildman–Crippen LogP) is 3.67. The van der Waals surface area contributed by atoms with Gasteiger partial charge in [0, 0.05) is 18.8 Å². The summed E-state index contributed by atoms with van der Waals surface area (Å²) in [6.45, 7) is 2.61. The number of aryl methyl sites for hydroxylation is 1. The minimum absolute atomic E-state index is 0.249. The molecule has 0 aliphatic heterocycles. The van der Waals surface area contributed by atoms with Gasteiger partial charge in [-0.15, -0.1) is 0 Å². The number of benzene rings is 2. The van der Waals surface area contributed by atoms with Crippen LogP contribution in [0.3, 0.4) is 0 Å². The second-order valence-electron chi connectivity index (χ2n) is 6.12. The van der Waals surface area contributed by atoms with Gasteiger partial charge in [-0.05, 0) is 30.7 Å². The summed E-state index contributed by atoms with van der Waals surface area (Å²) in [6, 6.07) is 14.9. The van der Waals surface area contributed by atoms with E-state index in [1.165, 1.54) is 12.7 Å². The molecule has 0 bridgehead atoms. The van der Waals surface area contributed by atoms with E-state index in [0.717, 1.165) is 5.56 Å². The van der Waals surface area contributed by atoms with Gasteiger partial charge >= 0.3 is 0 Å². The highest BCUT2D eigenvalue weighted by atomic mass is 16.5. The van der Waals surface area contributed by atoms with Crippen molar-refractivity contribution in [2.45, 2.75) is 13.5 Å². The molecule has 0 atom stereocenters. The molecule has 28 heavy (non-hydrogen) atoms. The number of amides is 1. The Morgan fingerprint density at radius 3 is 2.54 bits per heavy atom. The molecule has 2 aromatic carbocycles. The Balaban J connectivity index is 1.69. The molecule has 0 radical (unpaired) electrons. The maximum Gasteiger partial charge on any atom is 0.274 e. The van der Waals surface area contributed by atoms with Crippen molar-refractivity contribution in [3.8, 4) is 11.5 Å². The average Bonchev–Trinajstić information content (AvgIpc) is 2.73. The first-order valence-corrected chi connectivity index (χ1v) is 8.75. The molecule has 2 N–H and O–H groups in total. The van der Waals surface area contributed by atoms with Crippen LogP contribution in [0.5, 0.6) is 11.5 Å². The van der Waals surface area contributed by atoms with Gasteiger partial charge in [0.05, 0.1) is 19.9 Å². The Labute approximate surface area is 163 Å². The number of hydrogen-bond acceptors (Lipinski definition) is 6. The third-order valence-electron chi connectivity index (χ3n) is 4.12. The Kier molecular flexibility index (Phi) is 6.06. The van der Waals surface area contributed by atoms with Crippen LogP contribution < -0.4 is 20.1 Å².